The van der Waals surface area contributed by atoms with E-state index in [2.05, 4.69) is 48.1 Å². The van der Waals surface area contributed by atoms with Crippen LogP contribution in [0.3, 0.4) is 0 Å². The van der Waals surface area contributed by atoms with Gasteiger partial charge in [-0.2, -0.15) is 5.10 Å². The lowest BCUT2D eigenvalue weighted by Crippen LogP contribution is -2.28. The molecular weight excluding hydrogens is 336 g/mol. The van der Waals surface area contributed by atoms with Gasteiger partial charge in [-0.25, -0.2) is 4.98 Å². The minimum absolute atomic E-state index is 0.0489. The van der Waals surface area contributed by atoms with Gasteiger partial charge in [-0.05, 0) is 36.5 Å². The van der Waals surface area contributed by atoms with Gasteiger partial charge in [0.2, 0.25) is 0 Å². The van der Waals surface area contributed by atoms with E-state index in [9.17, 15) is 4.79 Å². The summed E-state index contributed by atoms with van der Waals surface area (Å²) in [5.74, 6) is 0.186. The van der Waals surface area contributed by atoms with E-state index in [4.69, 9.17) is 4.98 Å². The summed E-state index contributed by atoms with van der Waals surface area (Å²) in [5.41, 5.74) is 6.52. The zero-order valence-corrected chi connectivity index (χ0v) is 16.9. The normalized spacial score (nSPS) is 15.9. The average molecular weight is 362 g/mol. The molecule has 5 nitrogen and oxygen atoms in total. The molecule has 1 aliphatic rings. The first-order valence-corrected chi connectivity index (χ1v) is 9.35. The number of anilines is 1. The molecule has 4 rings (SSSR count). The van der Waals surface area contributed by atoms with Crippen LogP contribution in [0, 0.1) is 12.3 Å². The molecule has 0 amide bonds. The number of aryl methyl sites for hydroxylation is 2. The minimum Gasteiger partial charge on any atom is -0.378 e. The molecule has 0 aliphatic heterocycles. The summed E-state index contributed by atoms with van der Waals surface area (Å²) < 4.78 is 1.83. The fourth-order valence-electron chi connectivity index (χ4n) is 4.22. The topological polar surface area (TPSA) is 51.0 Å². The molecule has 0 unspecified atom stereocenters. The van der Waals surface area contributed by atoms with Crippen LogP contribution in [0.5, 0.6) is 0 Å². The number of pyridine rings is 1. The highest BCUT2D eigenvalue weighted by Crippen LogP contribution is 2.42. The standard InChI is InChI=1S/C22H26N4O/c1-13-18-16-11-22(2,3)12-17(27)19(16)20(23-21(18)26(6)24-13)14-7-9-15(10-8-14)25(4)5/h7-10H,11-12H2,1-6H3. The number of benzene rings is 1. The number of Topliss-reactive ketones (excluding diaryl/α,β-unsaturated/α-hetero) is 1. The van der Waals surface area contributed by atoms with E-state index in [1.807, 2.05) is 32.7 Å². The van der Waals surface area contributed by atoms with E-state index in [1.165, 1.54) is 0 Å². The lowest BCUT2D eigenvalue weighted by atomic mass is 9.72. The van der Waals surface area contributed by atoms with Gasteiger partial charge >= 0.3 is 0 Å². The summed E-state index contributed by atoms with van der Waals surface area (Å²) in [6, 6.07) is 8.25. The number of nitrogens with zero attached hydrogens (tertiary/aromatic N) is 4. The number of hydrogen-bond acceptors (Lipinski definition) is 4. The second-order valence-electron chi connectivity index (χ2n) is 8.60. The fourth-order valence-corrected chi connectivity index (χ4v) is 4.22. The largest absolute Gasteiger partial charge is 0.378 e. The molecule has 0 fully saturated rings. The SMILES string of the molecule is Cc1nn(C)c2nc(-c3ccc(N(C)C)cc3)c3c(c12)CC(C)(C)CC3=O. The molecule has 27 heavy (non-hydrogen) atoms. The van der Waals surface area contributed by atoms with Crippen molar-refractivity contribution < 1.29 is 4.79 Å². The Labute approximate surface area is 160 Å². The van der Waals surface area contributed by atoms with Crippen LogP contribution in [0.2, 0.25) is 0 Å². The third-order valence-corrected chi connectivity index (χ3v) is 5.48. The van der Waals surface area contributed by atoms with Crippen molar-refractivity contribution in [2.75, 3.05) is 19.0 Å². The van der Waals surface area contributed by atoms with Crippen LogP contribution in [-0.2, 0) is 13.5 Å². The van der Waals surface area contributed by atoms with E-state index in [-0.39, 0.29) is 11.2 Å². The highest BCUT2D eigenvalue weighted by Gasteiger charge is 2.36. The van der Waals surface area contributed by atoms with Gasteiger partial charge in [-0.1, -0.05) is 26.0 Å². The first-order chi connectivity index (χ1) is 12.7. The Balaban J connectivity index is 2.03. The van der Waals surface area contributed by atoms with Gasteiger partial charge in [-0.15, -0.1) is 0 Å². The van der Waals surface area contributed by atoms with Crippen LogP contribution in [0.1, 0.15) is 41.9 Å². The van der Waals surface area contributed by atoms with Crippen LogP contribution in [-0.4, -0.2) is 34.6 Å². The Morgan fingerprint density at radius 1 is 1.11 bits per heavy atom. The molecule has 5 heteroatoms. The molecule has 140 valence electrons. The monoisotopic (exact) mass is 362 g/mol. The smallest absolute Gasteiger partial charge is 0.165 e. The summed E-state index contributed by atoms with van der Waals surface area (Å²) >= 11 is 0. The molecule has 0 N–H and O–H groups in total. The molecule has 3 aromatic rings. The number of hydrogen-bond donors (Lipinski definition) is 0. The number of rotatable bonds is 2. The van der Waals surface area contributed by atoms with Crippen molar-refractivity contribution in [3.05, 3.63) is 41.1 Å². The maximum Gasteiger partial charge on any atom is 0.165 e. The van der Waals surface area contributed by atoms with Gasteiger partial charge in [0.1, 0.15) is 0 Å². The predicted octanol–water partition coefficient (Wildman–Crippen LogP) is 4.16. The Bertz CT molecular complexity index is 1060. The van der Waals surface area contributed by atoms with E-state index in [0.29, 0.717) is 6.42 Å². The average Bonchev–Trinajstić information content (AvgIpc) is 2.87. The number of ketones is 1. The molecule has 1 aromatic carbocycles. The lowest BCUT2D eigenvalue weighted by molar-refractivity contribution is 0.0913. The van der Waals surface area contributed by atoms with Gasteiger partial charge in [0, 0.05) is 49.8 Å². The van der Waals surface area contributed by atoms with Crippen molar-refractivity contribution >= 4 is 22.5 Å². The third-order valence-electron chi connectivity index (χ3n) is 5.48. The van der Waals surface area contributed by atoms with Crippen molar-refractivity contribution in [1.29, 1.82) is 0 Å². The van der Waals surface area contributed by atoms with Crippen molar-refractivity contribution in [2.45, 2.75) is 33.6 Å². The van der Waals surface area contributed by atoms with Gasteiger partial charge in [0.15, 0.2) is 11.4 Å². The van der Waals surface area contributed by atoms with Gasteiger partial charge < -0.3 is 4.90 Å². The Morgan fingerprint density at radius 2 is 1.78 bits per heavy atom. The van der Waals surface area contributed by atoms with Crippen LogP contribution < -0.4 is 4.90 Å². The van der Waals surface area contributed by atoms with Crippen LogP contribution >= 0.6 is 0 Å². The number of carbonyl (C=O) groups excluding carboxylic acids is 1. The quantitative estimate of drug-likeness (QED) is 0.687. The summed E-state index contributed by atoms with van der Waals surface area (Å²) in [6.07, 6.45) is 1.41. The zero-order valence-electron chi connectivity index (χ0n) is 16.9. The molecule has 2 heterocycles. The van der Waals surface area contributed by atoms with E-state index < -0.39 is 0 Å². The second-order valence-corrected chi connectivity index (χ2v) is 8.60. The summed E-state index contributed by atoms with van der Waals surface area (Å²) in [5, 5.41) is 5.62. The van der Waals surface area contributed by atoms with Crippen LogP contribution in [0.4, 0.5) is 5.69 Å². The molecule has 1 aliphatic carbocycles. The maximum absolute atomic E-state index is 13.2. The highest BCUT2D eigenvalue weighted by molar-refractivity contribution is 6.08. The van der Waals surface area contributed by atoms with Crippen molar-refractivity contribution in [1.82, 2.24) is 14.8 Å². The molecule has 2 aromatic heterocycles. The zero-order chi connectivity index (χ0) is 19.5. The summed E-state index contributed by atoms with van der Waals surface area (Å²) in [7, 11) is 5.96. The van der Waals surface area contributed by atoms with Crippen molar-refractivity contribution in [3.8, 4) is 11.3 Å². The Kier molecular flexibility index (Phi) is 3.88. The van der Waals surface area contributed by atoms with E-state index >= 15 is 0 Å². The summed E-state index contributed by atoms with van der Waals surface area (Å²) in [4.78, 5) is 20.1. The van der Waals surface area contributed by atoms with Crippen molar-refractivity contribution in [3.63, 3.8) is 0 Å². The van der Waals surface area contributed by atoms with Gasteiger partial charge in [0.05, 0.1) is 11.4 Å². The number of aromatic nitrogens is 3. The number of fused-ring (bicyclic) bond motifs is 3. The fraction of sp³-hybridized carbons (Fsp3) is 0.409. The summed E-state index contributed by atoms with van der Waals surface area (Å²) in [6.45, 7) is 6.33. The second kappa shape index (κ2) is 5.91. The van der Waals surface area contributed by atoms with Crippen molar-refractivity contribution in [2.24, 2.45) is 12.5 Å². The van der Waals surface area contributed by atoms with Gasteiger partial charge in [0.25, 0.3) is 0 Å². The molecule has 0 saturated heterocycles. The van der Waals surface area contributed by atoms with E-state index in [1.54, 1.807) is 0 Å². The molecule has 0 radical (unpaired) electrons. The molecule has 0 bridgehead atoms. The minimum atomic E-state index is -0.0489. The van der Waals surface area contributed by atoms with Crippen LogP contribution in [0.25, 0.3) is 22.3 Å². The first-order valence-electron chi connectivity index (χ1n) is 9.35. The Hall–Kier alpha value is -2.69. The first kappa shape index (κ1) is 17.7. The Morgan fingerprint density at radius 3 is 2.41 bits per heavy atom. The number of carbonyl (C=O) groups is 1. The molecule has 0 atom stereocenters. The molecular formula is C22H26N4O. The molecule has 0 saturated carbocycles. The molecule has 0 spiro atoms. The highest BCUT2D eigenvalue weighted by atomic mass is 16.1. The predicted molar refractivity (Wildman–Crippen MR) is 109 cm³/mol. The van der Waals surface area contributed by atoms with Gasteiger partial charge in [-0.3, -0.25) is 9.48 Å². The lowest BCUT2D eigenvalue weighted by Gasteiger charge is -2.31. The third kappa shape index (κ3) is 2.82. The maximum atomic E-state index is 13.2. The van der Waals surface area contributed by atoms with E-state index in [0.717, 1.165) is 51.2 Å². The van der Waals surface area contributed by atoms with Crippen LogP contribution in [0.15, 0.2) is 24.3 Å².